The van der Waals surface area contributed by atoms with Crippen LogP contribution in [-0.2, 0) is 11.0 Å². The second-order valence-electron chi connectivity index (χ2n) is 13.0. The summed E-state index contributed by atoms with van der Waals surface area (Å²) in [6.45, 7) is 3.38. The van der Waals surface area contributed by atoms with Crippen LogP contribution in [0.15, 0.2) is 18.6 Å². The third-order valence-corrected chi connectivity index (χ3v) is 10.4. The molecule has 0 aliphatic heterocycles. The Hall–Kier alpha value is -2.66. The van der Waals surface area contributed by atoms with Gasteiger partial charge < -0.3 is 10.0 Å². The quantitative estimate of drug-likeness (QED) is 0.312. The van der Waals surface area contributed by atoms with Gasteiger partial charge in [0, 0.05) is 18.9 Å². The minimum Gasteiger partial charge on any atom is -0.481 e. The summed E-state index contributed by atoms with van der Waals surface area (Å²) < 4.78 is 44.6. The number of rotatable bonds is 8. The van der Waals surface area contributed by atoms with Crippen LogP contribution in [0.1, 0.15) is 104 Å². The van der Waals surface area contributed by atoms with Gasteiger partial charge in [0.05, 0.1) is 45.4 Å². The number of pyridine rings is 1. The van der Waals surface area contributed by atoms with Crippen LogP contribution in [0.4, 0.5) is 13.2 Å². The Morgan fingerprint density at radius 1 is 1.02 bits per heavy atom. The lowest BCUT2D eigenvalue weighted by atomic mass is 9.74. The summed E-state index contributed by atoms with van der Waals surface area (Å²) in [4.78, 5) is 44.2. The number of amides is 1. The molecule has 0 aromatic carbocycles. The third kappa shape index (κ3) is 5.66. The number of aliphatic carboxylic acids is 1. The highest BCUT2D eigenvalue weighted by atomic mass is 35.5. The fourth-order valence-corrected chi connectivity index (χ4v) is 7.91. The first-order chi connectivity index (χ1) is 19.6. The van der Waals surface area contributed by atoms with Gasteiger partial charge in [0.2, 0.25) is 0 Å². The molecular formula is C29H33Cl2F3N4O4. The van der Waals surface area contributed by atoms with Crippen molar-refractivity contribution in [2.75, 3.05) is 13.1 Å². The highest BCUT2D eigenvalue weighted by molar-refractivity contribution is 6.39. The molecule has 13 heteroatoms. The first kappa shape index (κ1) is 30.8. The predicted octanol–water partition coefficient (Wildman–Crippen LogP) is 7.11. The number of alkyl halides is 3. The van der Waals surface area contributed by atoms with Gasteiger partial charge in [0.25, 0.3) is 5.91 Å². The van der Waals surface area contributed by atoms with Crippen molar-refractivity contribution in [3.8, 4) is 0 Å². The lowest BCUT2D eigenvalue weighted by Gasteiger charge is -2.35. The fourth-order valence-electron chi connectivity index (χ4n) is 7.34. The molecule has 1 amide bonds. The van der Waals surface area contributed by atoms with Crippen LogP contribution in [0.2, 0.25) is 10.0 Å². The van der Waals surface area contributed by atoms with Gasteiger partial charge in [-0.2, -0.15) is 18.3 Å². The smallest absolute Gasteiger partial charge is 0.433 e. The Morgan fingerprint density at radius 2 is 1.62 bits per heavy atom. The monoisotopic (exact) mass is 628 g/mol. The van der Waals surface area contributed by atoms with Crippen molar-refractivity contribution in [2.24, 2.45) is 16.2 Å². The SMILES string of the molecule is CC12CCC(CN(CC(=O)c3c(Cl)cncc3Cl)C(=O)c3cnn(C4CCC(C)(C(=O)O)CC4)c3C(F)(F)F)(CC1)C2. The molecule has 228 valence electrons. The highest BCUT2D eigenvalue weighted by Crippen LogP contribution is 2.61. The summed E-state index contributed by atoms with van der Waals surface area (Å²) >= 11 is 12.4. The number of aromatic nitrogens is 3. The van der Waals surface area contributed by atoms with Crippen molar-refractivity contribution < 1.29 is 32.7 Å². The zero-order valence-corrected chi connectivity index (χ0v) is 25.0. The molecular weight excluding hydrogens is 596 g/mol. The Bertz CT molecular complexity index is 1390. The highest BCUT2D eigenvalue weighted by Gasteiger charge is 2.53. The minimum atomic E-state index is -4.92. The van der Waals surface area contributed by atoms with E-state index in [9.17, 15) is 32.7 Å². The molecule has 3 aliphatic carbocycles. The largest absolute Gasteiger partial charge is 0.481 e. The van der Waals surface area contributed by atoms with Gasteiger partial charge in [-0.25, -0.2) is 0 Å². The molecule has 3 saturated carbocycles. The molecule has 2 heterocycles. The molecule has 8 nitrogen and oxygen atoms in total. The van der Waals surface area contributed by atoms with E-state index in [1.165, 1.54) is 17.3 Å². The summed E-state index contributed by atoms with van der Waals surface area (Å²) in [7, 11) is 0. The van der Waals surface area contributed by atoms with Crippen LogP contribution in [-0.4, -0.2) is 55.5 Å². The Balaban J connectivity index is 1.49. The number of halogens is 5. The number of carbonyl (C=O) groups is 3. The maximum atomic E-state index is 14.6. The summed E-state index contributed by atoms with van der Waals surface area (Å²) in [5.74, 6) is -2.53. The maximum Gasteiger partial charge on any atom is 0.433 e. The van der Waals surface area contributed by atoms with Gasteiger partial charge in [-0.05, 0) is 75.5 Å². The molecule has 0 unspecified atom stereocenters. The lowest BCUT2D eigenvalue weighted by Crippen LogP contribution is -2.43. The van der Waals surface area contributed by atoms with Gasteiger partial charge in [0.1, 0.15) is 0 Å². The fraction of sp³-hybridized carbons (Fsp3) is 0.621. The van der Waals surface area contributed by atoms with Crippen LogP contribution in [0.5, 0.6) is 0 Å². The molecule has 2 aromatic rings. The number of carbonyl (C=O) groups excluding carboxylic acids is 2. The van der Waals surface area contributed by atoms with Crippen molar-refractivity contribution >= 4 is 40.9 Å². The van der Waals surface area contributed by atoms with E-state index in [-0.39, 0.29) is 58.7 Å². The molecule has 3 aliphatic rings. The van der Waals surface area contributed by atoms with Crippen LogP contribution in [0.25, 0.3) is 0 Å². The maximum absolute atomic E-state index is 14.6. The van der Waals surface area contributed by atoms with E-state index >= 15 is 0 Å². The average Bonchev–Trinajstić information content (AvgIpc) is 3.59. The van der Waals surface area contributed by atoms with Crippen molar-refractivity contribution in [1.82, 2.24) is 19.7 Å². The molecule has 1 N–H and O–H groups in total. The predicted molar refractivity (Wildman–Crippen MR) is 149 cm³/mol. The van der Waals surface area contributed by atoms with Crippen molar-refractivity contribution in [1.29, 1.82) is 0 Å². The Labute approximate surface area is 251 Å². The molecule has 42 heavy (non-hydrogen) atoms. The lowest BCUT2D eigenvalue weighted by molar-refractivity contribution is -0.152. The number of fused-ring (bicyclic) bond motifs is 2. The normalized spacial score (nSPS) is 29.1. The Morgan fingerprint density at radius 3 is 2.12 bits per heavy atom. The van der Waals surface area contributed by atoms with Gasteiger partial charge in [-0.15, -0.1) is 0 Å². The van der Waals surface area contributed by atoms with Crippen molar-refractivity contribution in [3.63, 3.8) is 0 Å². The topological polar surface area (TPSA) is 105 Å². The van der Waals surface area contributed by atoms with Crippen molar-refractivity contribution in [2.45, 2.75) is 83.9 Å². The zero-order chi connectivity index (χ0) is 30.7. The van der Waals surface area contributed by atoms with E-state index in [1.807, 2.05) is 0 Å². The van der Waals surface area contributed by atoms with Crippen LogP contribution in [0, 0.1) is 16.2 Å². The summed E-state index contributed by atoms with van der Waals surface area (Å²) in [6.07, 6.45) is 3.56. The summed E-state index contributed by atoms with van der Waals surface area (Å²) in [5.41, 5.74) is -3.07. The number of ketones is 1. The summed E-state index contributed by atoms with van der Waals surface area (Å²) in [6, 6.07) is -0.718. The number of Topliss-reactive ketones (excluding diaryl/α,β-unsaturated/α-hetero) is 1. The van der Waals surface area contributed by atoms with Gasteiger partial charge >= 0.3 is 12.1 Å². The molecule has 3 fully saturated rings. The van der Waals surface area contributed by atoms with Crippen molar-refractivity contribution in [3.05, 3.63) is 45.5 Å². The Kier molecular flexibility index (Phi) is 7.92. The molecule has 0 saturated heterocycles. The molecule has 0 atom stereocenters. The number of hydrogen-bond donors (Lipinski definition) is 1. The standard InChI is InChI=1S/C29H33Cl2F3N4O4/c1-26-7-9-28(15-26,10-8-26)16-37(14-21(39)22-19(30)12-35-13-20(22)31)24(40)18-11-36-38(23(18)29(32,33)34)17-3-5-27(2,6-4-17)25(41)42/h11-13,17H,3-10,14-16H2,1-2H3,(H,41,42). The number of nitrogens with zero attached hydrogens (tertiary/aromatic N) is 4. The van der Waals surface area contributed by atoms with E-state index < -0.39 is 53.1 Å². The van der Waals surface area contributed by atoms with E-state index in [0.29, 0.717) is 0 Å². The first-order valence-corrected chi connectivity index (χ1v) is 14.8. The molecule has 5 rings (SSSR count). The van der Waals surface area contributed by atoms with Gasteiger partial charge in [-0.1, -0.05) is 30.1 Å². The van der Waals surface area contributed by atoms with Gasteiger partial charge in [-0.3, -0.25) is 24.0 Å². The van der Waals surface area contributed by atoms with Crippen LogP contribution >= 0.6 is 23.2 Å². The minimum absolute atomic E-state index is 0.0122. The van der Waals surface area contributed by atoms with Crippen LogP contribution < -0.4 is 0 Å². The van der Waals surface area contributed by atoms with Gasteiger partial charge in [0.15, 0.2) is 11.5 Å². The number of carboxylic acid groups (broad SMARTS) is 1. The summed E-state index contributed by atoms with van der Waals surface area (Å²) in [5, 5.41) is 13.5. The van der Waals surface area contributed by atoms with Crippen LogP contribution in [0.3, 0.4) is 0 Å². The second kappa shape index (κ2) is 10.8. The molecule has 0 spiro atoms. The average molecular weight is 630 g/mol. The molecule has 2 bridgehead atoms. The number of carboxylic acids is 1. The first-order valence-electron chi connectivity index (χ1n) is 14.1. The second-order valence-corrected chi connectivity index (χ2v) is 13.8. The van der Waals surface area contributed by atoms with E-state index in [2.05, 4.69) is 17.0 Å². The van der Waals surface area contributed by atoms with E-state index in [4.69, 9.17) is 23.2 Å². The molecule has 2 aromatic heterocycles. The number of hydrogen-bond acceptors (Lipinski definition) is 5. The van der Waals surface area contributed by atoms with E-state index in [0.717, 1.165) is 43.0 Å². The zero-order valence-electron chi connectivity index (χ0n) is 23.4. The third-order valence-electron chi connectivity index (χ3n) is 9.81. The molecule has 0 radical (unpaired) electrons. The van der Waals surface area contributed by atoms with E-state index in [1.54, 1.807) is 6.92 Å².